The zero-order valence-electron chi connectivity index (χ0n) is 5.53. The minimum atomic E-state index is 0.329. The van der Waals surface area contributed by atoms with E-state index in [1.807, 2.05) is 6.92 Å². The lowest BCUT2D eigenvalue weighted by Gasteiger charge is -1.98. The van der Waals surface area contributed by atoms with E-state index in [2.05, 4.69) is 4.74 Å². The van der Waals surface area contributed by atoms with Crippen molar-refractivity contribution in [1.29, 1.82) is 0 Å². The van der Waals surface area contributed by atoms with Crippen molar-refractivity contribution in [1.82, 2.24) is 0 Å². The molecule has 0 aliphatic heterocycles. The molecule has 10 heavy (non-hydrogen) atoms. The Labute approximate surface area is 74.1 Å². The van der Waals surface area contributed by atoms with Gasteiger partial charge >= 0.3 is 0 Å². The molecule has 0 radical (unpaired) electrons. The smallest absolute Gasteiger partial charge is 0.293 e. The highest BCUT2D eigenvalue weighted by atomic mass is 32.2. The Morgan fingerprint density at radius 3 is 2.90 bits per heavy atom. The molecule has 0 amide bonds. The molecule has 0 aromatic carbocycles. The summed E-state index contributed by atoms with van der Waals surface area (Å²) in [7, 11) is 0. The summed E-state index contributed by atoms with van der Waals surface area (Å²) in [5, 5.41) is 0. The molecule has 0 unspecified atom stereocenters. The lowest BCUT2D eigenvalue weighted by molar-refractivity contribution is -0.126. The van der Waals surface area contributed by atoms with Crippen LogP contribution in [-0.2, 0) is 9.53 Å². The maximum absolute atomic E-state index is 9.66. The quantitative estimate of drug-likeness (QED) is 0.296. The van der Waals surface area contributed by atoms with Crippen molar-refractivity contribution in [3.63, 3.8) is 0 Å². The van der Waals surface area contributed by atoms with Gasteiger partial charge in [0, 0.05) is 0 Å². The van der Waals surface area contributed by atoms with Gasteiger partial charge in [-0.3, -0.25) is 4.79 Å². The molecule has 0 aliphatic carbocycles. The molecule has 0 N–H and O–H groups in total. The topological polar surface area (TPSA) is 26.3 Å². The van der Waals surface area contributed by atoms with Crippen LogP contribution >= 0.6 is 35.7 Å². The fourth-order valence-electron chi connectivity index (χ4n) is 0.269. The molecule has 0 rings (SSSR count). The van der Waals surface area contributed by atoms with Crippen LogP contribution in [0.15, 0.2) is 0 Å². The number of hydrogen-bond acceptors (Lipinski definition) is 5. The van der Waals surface area contributed by atoms with Gasteiger partial charge in [0.1, 0.15) is 9.47 Å². The summed E-state index contributed by atoms with van der Waals surface area (Å²) < 4.78 is 5.26. The zero-order chi connectivity index (χ0) is 7.82. The zero-order valence-corrected chi connectivity index (χ0v) is 7.98. The standard InChI is InChI=1S/C5H8O2S3/c1-2-9-5(8)10-4-7-3-6/h3H,2,4H2,1H3. The first kappa shape index (κ1) is 10.3. The van der Waals surface area contributed by atoms with Crippen LogP contribution in [0.4, 0.5) is 0 Å². The Hall–Kier alpha value is 0.260. The molecule has 2 nitrogen and oxygen atoms in total. The average molecular weight is 196 g/mol. The van der Waals surface area contributed by atoms with Crippen LogP contribution in [-0.4, -0.2) is 21.7 Å². The largest absolute Gasteiger partial charge is 0.456 e. The van der Waals surface area contributed by atoms with E-state index in [0.717, 1.165) is 9.28 Å². The van der Waals surface area contributed by atoms with Gasteiger partial charge < -0.3 is 4.74 Å². The molecule has 0 heterocycles. The number of carbonyl (C=O) groups is 1. The number of hydrogen-bond donors (Lipinski definition) is 0. The van der Waals surface area contributed by atoms with Crippen LogP contribution < -0.4 is 0 Å². The molecular weight excluding hydrogens is 188 g/mol. The van der Waals surface area contributed by atoms with Gasteiger partial charge in [-0.1, -0.05) is 30.9 Å². The Balaban J connectivity index is 3.13. The number of ether oxygens (including phenoxy) is 1. The van der Waals surface area contributed by atoms with Gasteiger partial charge in [0.2, 0.25) is 0 Å². The van der Waals surface area contributed by atoms with Gasteiger partial charge in [0.25, 0.3) is 6.47 Å². The molecule has 0 saturated heterocycles. The van der Waals surface area contributed by atoms with Crippen molar-refractivity contribution in [2.45, 2.75) is 6.92 Å². The third-order valence-corrected chi connectivity index (χ3v) is 3.00. The van der Waals surface area contributed by atoms with Gasteiger partial charge in [-0.25, -0.2) is 0 Å². The second kappa shape index (κ2) is 7.37. The third kappa shape index (κ3) is 6.38. The van der Waals surface area contributed by atoms with Crippen LogP contribution in [0.25, 0.3) is 0 Å². The fourth-order valence-corrected chi connectivity index (χ4v) is 2.05. The highest BCUT2D eigenvalue weighted by Crippen LogP contribution is 2.16. The van der Waals surface area contributed by atoms with Gasteiger partial charge in [0.15, 0.2) is 0 Å². The van der Waals surface area contributed by atoms with E-state index in [1.54, 1.807) is 11.8 Å². The van der Waals surface area contributed by atoms with Crippen molar-refractivity contribution in [2.24, 2.45) is 0 Å². The molecule has 0 aliphatic rings. The lowest BCUT2D eigenvalue weighted by Crippen LogP contribution is -1.89. The van der Waals surface area contributed by atoms with E-state index >= 15 is 0 Å². The molecule has 0 aromatic heterocycles. The van der Waals surface area contributed by atoms with Gasteiger partial charge in [-0.2, -0.15) is 0 Å². The highest BCUT2D eigenvalue weighted by molar-refractivity contribution is 8.47. The van der Waals surface area contributed by atoms with Crippen molar-refractivity contribution in [2.75, 3.05) is 11.7 Å². The van der Waals surface area contributed by atoms with Gasteiger partial charge in [-0.15, -0.1) is 11.8 Å². The maximum atomic E-state index is 9.66. The first-order valence-corrected chi connectivity index (χ1v) is 5.04. The molecule has 0 spiro atoms. The van der Waals surface area contributed by atoms with Crippen molar-refractivity contribution in [3.05, 3.63) is 0 Å². The SMILES string of the molecule is CCSC(=S)SCOC=O. The summed E-state index contributed by atoms with van der Waals surface area (Å²) in [6.45, 7) is 2.45. The summed E-state index contributed by atoms with van der Waals surface area (Å²) >= 11 is 7.84. The van der Waals surface area contributed by atoms with Gasteiger partial charge in [0.05, 0.1) is 0 Å². The molecule has 0 fully saturated rings. The first-order valence-electron chi connectivity index (χ1n) is 2.66. The van der Waals surface area contributed by atoms with E-state index in [4.69, 9.17) is 12.2 Å². The van der Waals surface area contributed by atoms with E-state index in [1.165, 1.54) is 11.8 Å². The van der Waals surface area contributed by atoms with Crippen LogP contribution in [0.1, 0.15) is 6.92 Å². The molecular formula is C5H8O2S3. The summed E-state index contributed by atoms with van der Waals surface area (Å²) in [6, 6.07) is 0. The normalized spacial score (nSPS) is 8.90. The monoisotopic (exact) mass is 196 g/mol. The molecule has 0 saturated carbocycles. The van der Waals surface area contributed by atoms with Crippen molar-refractivity contribution in [3.8, 4) is 0 Å². The minimum absolute atomic E-state index is 0.329. The van der Waals surface area contributed by atoms with Gasteiger partial charge in [-0.05, 0) is 5.75 Å². The molecule has 5 heteroatoms. The van der Waals surface area contributed by atoms with Crippen LogP contribution in [0.2, 0.25) is 0 Å². The molecule has 0 bridgehead atoms. The Morgan fingerprint density at radius 2 is 2.40 bits per heavy atom. The van der Waals surface area contributed by atoms with E-state index < -0.39 is 0 Å². The Kier molecular flexibility index (Phi) is 7.56. The summed E-state index contributed by atoms with van der Waals surface area (Å²) in [6.07, 6.45) is 0. The molecule has 58 valence electrons. The van der Waals surface area contributed by atoms with E-state index in [-0.39, 0.29) is 0 Å². The van der Waals surface area contributed by atoms with Crippen LogP contribution in [0.3, 0.4) is 0 Å². The second-order valence-electron chi connectivity index (χ2n) is 1.21. The Bertz CT molecular complexity index is 115. The van der Waals surface area contributed by atoms with E-state index in [9.17, 15) is 4.79 Å². The predicted octanol–water partition coefficient (Wildman–Crippen LogP) is 1.89. The van der Waals surface area contributed by atoms with Crippen LogP contribution in [0, 0.1) is 0 Å². The number of carbonyl (C=O) groups excluding carboxylic acids is 1. The average Bonchev–Trinajstić information content (AvgIpc) is 1.89. The predicted molar refractivity (Wildman–Crippen MR) is 50.3 cm³/mol. The summed E-state index contributed by atoms with van der Waals surface area (Å²) in [5.41, 5.74) is 0. The van der Waals surface area contributed by atoms with Crippen molar-refractivity contribution >= 4 is 45.7 Å². The Morgan fingerprint density at radius 1 is 1.70 bits per heavy atom. The van der Waals surface area contributed by atoms with Crippen molar-refractivity contribution < 1.29 is 9.53 Å². The maximum Gasteiger partial charge on any atom is 0.293 e. The lowest BCUT2D eigenvalue weighted by atomic mass is 11.0. The fraction of sp³-hybridized carbons (Fsp3) is 0.600. The van der Waals surface area contributed by atoms with Crippen LogP contribution in [0.5, 0.6) is 0 Å². The highest BCUT2D eigenvalue weighted by Gasteiger charge is 1.95. The summed E-state index contributed by atoms with van der Waals surface area (Å²) in [5.74, 6) is 1.29. The number of rotatable bonds is 4. The molecule has 0 aromatic rings. The summed E-state index contributed by atoms with van der Waals surface area (Å²) in [4.78, 5) is 9.66. The first-order chi connectivity index (χ1) is 4.81. The number of thioether (sulfide) groups is 2. The minimum Gasteiger partial charge on any atom is -0.456 e. The van der Waals surface area contributed by atoms with E-state index in [0.29, 0.717) is 12.4 Å². The number of thiocarbonyl (C=S) groups is 1. The second-order valence-corrected chi connectivity index (χ2v) is 4.60. The third-order valence-electron chi connectivity index (χ3n) is 0.575. The molecule has 0 atom stereocenters.